The van der Waals surface area contributed by atoms with Crippen LogP contribution in [0.4, 0.5) is 0 Å². The molecule has 4 aliphatic heterocycles. The predicted molar refractivity (Wildman–Crippen MR) is 202 cm³/mol. The summed E-state index contributed by atoms with van der Waals surface area (Å²) < 4.78 is 12.1. The molecule has 0 saturated carbocycles. The van der Waals surface area contributed by atoms with E-state index >= 15 is 0 Å². The molecule has 9 nitrogen and oxygen atoms in total. The number of ether oxygens (including phenoxy) is 2. The van der Waals surface area contributed by atoms with Gasteiger partial charge in [0.05, 0.1) is 6.61 Å². The van der Waals surface area contributed by atoms with E-state index in [1.807, 2.05) is 37.3 Å². The summed E-state index contributed by atoms with van der Waals surface area (Å²) in [6.45, 7) is 6.91. The Balaban J connectivity index is 0.000000202. The van der Waals surface area contributed by atoms with E-state index < -0.39 is 6.04 Å². The van der Waals surface area contributed by atoms with Crippen LogP contribution in [-0.2, 0) is 16.1 Å². The van der Waals surface area contributed by atoms with Gasteiger partial charge >= 0.3 is 0 Å². The minimum absolute atomic E-state index is 0.125. The zero-order valence-electron chi connectivity index (χ0n) is 30.0. The van der Waals surface area contributed by atoms with Gasteiger partial charge < -0.3 is 19.5 Å². The Hall–Kier alpha value is -5.59. The molecule has 9 heteroatoms. The number of likely N-dealkylation sites (tertiary alicyclic amines) is 1. The molecule has 2 saturated heterocycles. The molecule has 2 N–H and O–H groups in total. The highest BCUT2D eigenvalue weighted by atomic mass is 16.5. The van der Waals surface area contributed by atoms with Crippen molar-refractivity contribution in [3.8, 4) is 29.1 Å². The summed E-state index contributed by atoms with van der Waals surface area (Å²) in [7, 11) is 0. The fraction of sp³-hybridized carbons (Fsp3) is 0.341. The lowest BCUT2D eigenvalue weighted by molar-refractivity contribution is -0.136. The Morgan fingerprint density at radius 2 is 1.70 bits per heavy atom. The fourth-order valence-electron chi connectivity index (χ4n) is 7.81. The van der Waals surface area contributed by atoms with E-state index in [9.17, 15) is 19.5 Å². The van der Waals surface area contributed by atoms with Gasteiger partial charge in [0.15, 0.2) is 0 Å². The number of carbonyl (C=O) groups is 3. The molecule has 4 aromatic carbocycles. The summed E-state index contributed by atoms with van der Waals surface area (Å²) in [5, 5.41) is 12.2. The van der Waals surface area contributed by atoms with Crippen LogP contribution in [0.2, 0.25) is 0 Å². The van der Waals surface area contributed by atoms with Crippen LogP contribution >= 0.6 is 0 Å². The van der Waals surface area contributed by atoms with Gasteiger partial charge in [0.25, 0.3) is 5.91 Å². The van der Waals surface area contributed by atoms with E-state index in [1.54, 1.807) is 23.1 Å². The van der Waals surface area contributed by atoms with Gasteiger partial charge in [-0.25, -0.2) is 0 Å². The summed E-state index contributed by atoms with van der Waals surface area (Å²) in [5.41, 5.74) is 5.18. The van der Waals surface area contributed by atoms with Crippen LogP contribution in [0.1, 0.15) is 77.1 Å². The molecule has 4 aromatic rings. The molecule has 0 bridgehead atoms. The van der Waals surface area contributed by atoms with E-state index in [1.165, 1.54) is 17.5 Å². The SMILES string of the molecule is CC#CCCC1CN(CCOc2ccc([C@@H]3c4ccc(O)cc4OC[C@@H]3c3ccccc3)cc2)C1.O=C1CCC(N2Cc3ccccc3C2=O)C(=O)N1. The number of rotatable bonds is 9. The molecule has 0 aromatic heterocycles. The van der Waals surface area contributed by atoms with Gasteiger partial charge in [0.1, 0.15) is 29.9 Å². The Kier molecular flexibility index (Phi) is 11.1. The average Bonchev–Trinajstić information content (AvgIpc) is 3.49. The normalized spacial score (nSPS) is 20.7. The number of benzene rings is 4. The number of phenolic OH excluding ortho intramolecular Hbond substituents is 1. The molecule has 1 unspecified atom stereocenters. The summed E-state index contributed by atoms with van der Waals surface area (Å²) in [5.74, 6) is 8.41. The number of amides is 3. The van der Waals surface area contributed by atoms with E-state index in [4.69, 9.17) is 9.47 Å². The third-order valence-electron chi connectivity index (χ3n) is 10.6. The van der Waals surface area contributed by atoms with Crippen molar-refractivity contribution in [2.24, 2.45) is 5.92 Å². The largest absolute Gasteiger partial charge is 0.508 e. The molecule has 3 atom stereocenters. The summed E-state index contributed by atoms with van der Waals surface area (Å²) in [6, 6.07) is 31.3. The maximum atomic E-state index is 12.2. The number of hydrogen-bond donors (Lipinski definition) is 2. The standard InChI is InChI=1S/C31H33NO3.C13H12N2O3/c1-2-3-5-8-23-20-32(21-23)17-18-34-27-14-11-25(12-15-27)31-28-16-13-26(33)19-30(28)35-22-29(31)24-9-6-4-7-10-24;16-11-6-5-10(12(17)14-11)15-7-8-3-1-2-4-9(8)13(15)18/h4,6-7,9-16,19,23,29,31,33H,5,8,17-18,20-22H2,1H3;1-4,10H,5-7H2,(H,14,16,17)/t29-,31-;/m1./s1. The van der Waals surface area contributed by atoms with Crippen molar-refractivity contribution in [2.45, 2.75) is 57.0 Å². The predicted octanol–water partition coefficient (Wildman–Crippen LogP) is 6.26. The molecule has 272 valence electrons. The number of piperidine rings is 1. The monoisotopic (exact) mass is 711 g/mol. The zero-order chi connectivity index (χ0) is 36.7. The Morgan fingerprint density at radius 3 is 2.45 bits per heavy atom. The molecule has 53 heavy (non-hydrogen) atoms. The zero-order valence-corrected chi connectivity index (χ0v) is 30.0. The smallest absolute Gasteiger partial charge is 0.255 e. The minimum atomic E-state index is -0.525. The first-order valence-electron chi connectivity index (χ1n) is 18.5. The second-order valence-corrected chi connectivity index (χ2v) is 14.1. The van der Waals surface area contributed by atoms with E-state index in [0.717, 1.165) is 54.6 Å². The van der Waals surface area contributed by atoms with E-state index in [-0.39, 0.29) is 41.7 Å². The molecular formula is C44H45N3O6. The lowest BCUT2D eigenvalue weighted by atomic mass is 9.76. The Bertz CT molecular complexity index is 2000. The molecule has 0 aliphatic carbocycles. The molecule has 4 aliphatic rings. The molecule has 2 fully saturated rings. The molecular weight excluding hydrogens is 666 g/mol. The van der Waals surface area contributed by atoms with Crippen LogP contribution in [-0.4, -0.2) is 71.5 Å². The van der Waals surface area contributed by atoms with E-state index in [0.29, 0.717) is 31.7 Å². The summed E-state index contributed by atoms with van der Waals surface area (Å²) in [6.07, 6.45) is 2.92. The highest BCUT2D eigenvalue weighted by molar-refractivity contribution is 6.05. The highest BCUT2D eigenvalue weighted by Crippen LogP contribution is 2.47. The molecule has 0 spiro atoms. The number of nitrogens with one attached hydrogen (secondary N) is 1. The maximum Gasteiger partial charge on any atom is 0.255 e. The van der Waals surface area contributed by atoms with Crippen molar-refractivity contribution >= 4 is 17.7 Å². The van der Waals surface area contributed by atoms with Crippen LogP contribution in [0, 0.1) is 17.8 Å². The van der Waals surface area contributed by atoms with Gasteiger partial charge in [-0.2, -0.15) is 0 Å². The third-order valence-corrected chi connectivity index (χ3v) is 10.6. The van der Waals surface area contributed by atoms with Crippen molar-refractivity contribution < 1.29 is 29.0 Å². The van der Waals surface area contributed by atoms with Crippen molar-refractivity contribution in [3.63, 3.8) is 0 Å². The summed E-state index contributed by atoms with van der Waals surface area (Å²) in [4.78, 5) is 39.0. The third kappa shape index (κ3) is 8.24. The van der Waals surface area contributed by atoms with Crippen molar-refractivity contribution in [1.29, 1.82) is 0 Å². The lowest BCUT2D eigenvalue weighted by Crippen LogP contribution is -2.52. The van der Waals surface area contributed by atoms with Crippen LogP contribution in [0.15, 0.2) is 97.1 Å². The average molecular weight is 712 g/mol. The molecule has 4 heterocycles. The van der Waals surface area contributed by atoms with Crippen LogP contribution in [0.25, 0.3) is 0 Å². The second-order valence-electron chi connectivity index (χ2n) is 14.1. The highest BCUT2D eigenvalue weighted by Gasteiger charge is 2.39. The Morgan fingerprint density at radius 1 is 0.925 bits per heavy atom. The molecule has 3 amide bonds. The number of fused-ring (bicyclic) bond motifs is 2. The van der Waals surface area contributed by atoms with Crippen molar-refractivity contribution in [3.05, 3.63) is 125 Å². The van der Waals surface area contributed by atoms with Crippen LogP contribution in [0.5, 0.6) is 17.2 Å². The first-order valence-corrected chi connectivity index (χ1v) is 18.5. The van der Waals surface area contributed by atoms with Crippen LogP contribution < -0.4 is 14.8 Å². The minimum Gasteiger partial charge on any atom is -0.508 e. The fourth-order valence-corrected chi connectivity index (χ4v) is 7.81. The lowest BCUT2D eigenvalue weighted by Gasteiger charge is -2.39. The van der Waals surface area contributed by atoms with Crippen molar-refractivity contribution in [1.82, 2.24) is 15.1 Å². The van der Waals surface area contributed by atoms with Crippen molar-refractivity contribution in [2.75, 3.05) is 32.8 Å². The maximum absolute atomic E-state index is 12.2. The molecule has 8 rings (SSSR count). The number of phenols is 1. The quantitative estimate of drug-likeness (QED) is 0.156. The Labute approximate surface area is 310 Å². The van der Waals surface area contributed by atoms with E-state index in [2.05, 4.69) is 70.6 Å². The van der Waals surface area contributed by atoms with Gasteiger partial charge in [-0.1, -0.05) is 66.7 Å². The van der Waals surface area contributed by atoms with Gasteiger partial charge in [-0.15, -0.1) is 11.8 Å². The number of imide groups is 1. The summed E-state index contributed by atoms with van der Waals surface area (Å²) >= 11 is 0. The van der Waals surface area contributed by atoms with Gasteiger partial charge in [0, 0.05) is 68.0 Å². The number of hydrogen-bond acceptors (Lipinski definition) is 7. The van der Waals surface area contributed by atoms with Gasteiger partial charge in [0.2, 0.25) is 11.8 Å². The molecule has 0 radical (unpaired) electrons. The topological polar surface area (TPSA) is 108 Å². The second kappa shape index (κ2) is 16.4. The number of aromatic hydroxyl groups is 1. The first-order chi connectivity index (χ1) is 25.9. The van der Waals surface area contributed by atoms with Crippen LogP contribution in [0.3, 0.4) is 0 Å². The first kappa shape index (κ1) is 35.8. The van der Waals surface area contributed by atoms with Gasteiger partial charge in [-0.3, -0.25) is 24.6 Å². The number of nitrogens with zero attached hydrogens (tertiary/aromatic N) is 2. The number of carbonyl (C=O) groups excluding carboxylic acids is 3. The van der Waals surface area contributed by atoms with Gasteiger partial charge in [-0.05, 0) is 66.6 Å².